The van der Waals surface area contributed by atoms with Gasteiger partial charge in [0.1, 0.15) is 0 Å². The van der Waals surface area contributed by atoms with E-state index in [-0.39, 0.29) is 34.7 Å². The van der Waals surface area contributed by atoms with E-state index in [0.717, 1.165) is 0 Å². The van der Waals surface area contributed by atoms with E-state index in [9.17, 15) is 9.59 Å². The van der Waals surface area contributed by atoms with Gasteiger partial charge in [0.2, 0.25) is 11.8 Å². The van der Waals surface area contributed by atoms with Crippen molar-refractivity contribution < 1.29 is 27.9 Å². The second-order valence-corrected chi connectivity index (χ2v) is 22.7. The Bertz CT molecular complexity index is 674. The summed E-state index contributed by atoms with van der Waals surface area (Å²) in [5, 5.41) is -0.0774. The monoisotopic (exact) mass is 544 g/mol. The minimum Gasteiger partial charge on any atom is -0.411 e. The lowest BCUT2D eigenvalue weighted by Gasteiger charge is -2.45. The van der Waals surface area contributed by atoms with Crippen molar-refractivity contribution in [1.29, 1.82) is 0 Å². The molecule has 2 amide bonds. The van der Waals surface area contributed by atoms with Gasteiger partial charge in [-0.15, -0.1) is 0 Å². The fourth-order valence-electron chi connectivity index (χ4n) is 3.84. The van der Waals surface area contributed by atoms with Crippen LogP contribution in [0, 0.1) is 0 Å². The number of morpholine rings is 2. The molecule has 2 heterocycles. The van der Waals surface area contributed by atoms with Crippen LogP contribution in [0.5, 0.6) is 0 Å². The fraction of sp³-hybridized carbons (Fsp3) is 0.923. The maximum atomic E-state index is 13.4. The van der Waals surface area contributed by atoms with Gasteiger partial charge in [0.15, 0.2) is 16.6 Å². The SMILES string of the molecule is CC(C)(C)[Si](C)(C)O[C@@H](CC(=O)N1CCOCC1)[C@H](CC(=O)N1CCOCC1)O[Si](C)(C)C(C)(C)C. The maximum Gasteiger partial charge on any atom is 0.225 e. The zero-order valence-corrected chi connectivity index (χ0v) is 26.6. The highest BCUT2D eigenvalue weighted by Crippen LogP contribution is 2.41. The standard InChI is InChI=1S/C26H52N2O6Si2/c1-25(2,3)35(7,8)33-21(19-23(29)27-11-15-31-16-12-27)22(34-36(9,10)26(4,5)6)20-24(30)28-13-17-32-18-14-28/h21-22H,11-20H2,1-10H3/t21-,22-/m0/s1. The zero-order valence-electron chi connectivity index (χ0n) is 24.6. The first-order valence-corrected chi connectivity index (χ1v) is 19.3. The molecule has 0 aromatic rings. The summed E-state index contributed by atoms with van der Waals surface area (Å²) in [5.74, 6) is 0.0920. The predicted octanol–water partition coefficient (Wildman–Crippen LogP) is 4.27. The van der Waals surface area contributed by atoms with Gasteiger partial charge < -0.3 is 28.1 Å². The van der Waals surface area contributed by atoms with Crippen molar-refractivity contribution in [2.75, 3.05) is 52.6 Å². The van der Waals surface area contributed by atoms with Gasteiger partial charge in [-0.25, -0.2) is 0 Å². The molecule has 2 atom stereocenters. The van der Waals surface area contributed by atoms with Crippen LogP contribution in [0.1, 0.15) is 54.4 Å². The second-order valence-electron chi connectivity index (χ2n) is 13.2. The van der Waals surface area contributed by atoms with Crippen LogP contribution in [0.3, 0.4) is 0 Å². The maximum absolute atomic E-state index is 13.4. The number of ether oxygens (including phenoxy) is 2. The van der Waals surface area contributed by atoms with Gasteiger partial charge in [0.25, 0.3) is 0 Å². The van der Waals surface area contributed by atoms with Crippen molar-refractivity contribution in [3.63, 3.8) is 0 Å². The summed E-state index contributed by atoms with van der Waals surface area (Å²) >= 11 is 0. The lowest BCUT2D eigenvalue weighted by Crippen LogP contribution is -2.55. The van der Waals surface area contributed by atoms with Crippen molar-refractivity contribution in [3.8, 4) is 0 Å². The van der Waals surface area contributed by atoms with Crippen molar-refractivity contribution >= 4 is 28.4 Å². The van der Waals surface area contributed by atoms with E-state index in [1.807, 2.05) is 9.80 Å². The normalized spacial score (nSPS) is 20.3. The Morgan fingerprint density at radius 3 is 1.19 bits per heavy atom. The minimum absolute atomic E-state index is 0.0387. The third-order valence-corrected chi connectivity index (χ3v) is 17.4. The molecule has 0 saturated carbocycles. The third kappa shape index (κ3) is 8.63. The van der Waals surface area contributed by atoms with Gasteiger partial charge in [-0.1, -0.05) is 41.5 Å². The molecule has 0 aromatic heterocycles. The number of hydrogen-bond acceptors (Lipinski definition) is 6. The van der Waals surface area contributed by atoms with Crippen molar-refractivity contribution in [2.45, 2.75) is 103 Å². The van der Waals surface area contributed by atoms with Gasteiger partial charge in [-0.3, -0.25) is 9.59 Å². The molecule has 2 aliphatic rings. The zero-order chi connectivity index (χ0) is 27.4. The van der Waals surface area contributed by atoms with Crippen LogP contribution in [0.25, 0.3) is 0 Å². The molecule has 0 bridgehead atoms. The van der Waals surface area contributed by atoms with Gasteiger partial charge in [-0.2, -0.15) is 0 Å². The van der Waals surface area contributed by atoms with Gasteiger partial charge in [0, 0.05) is 26.2 Å². The van der Waals surface area contributed by atoms with E-state index in [1.165, 1.54) is 0 Å². The van der Waals surface area contributed by atoms with Crippen LogP contribution in [-0.4, -0.2) is 103 Å². The quantitative estimate of drug-likeness (QED) is 0.404. The molecule has 2 saturated heterocycles. The fourth-order valence-corrected chi connectivity index (χ4v) is 6.53. The average Bonchev–Trinajstić information content (AvgIpc) is 2.77. The van der Waals surface area contributed by atoms with E-state index in [2.05, 4.69) is 67.7 Å². The Morgan fingerprint density at radius 1 is 0.667 bits per heavy atom. The first-order chi connectivity index (χ1) is 16.4. The van der Waals surface area contributed by atoms with Crippen molar-refractivity contribution in [1.82, 2.24) is 9.80 Å². The molecule has 210 valence electrons. The summed E-state index contributed by atoms with van der Waals surface area (Å²) in [6.45, 7) is 26.6. The summed E-state index contributed by atoms with van der Waals surface area (Å²) in [7, 11) is -4.53. The summed E-state index contributed by atoms with van der Waals surface area (Å²) in [6.07, 6.45) is -0.551. The molecule has 0 aliphatic carbocycles. The first kappa shape index (κ1) is 31.4. The number of amides is 2. The Hall–Kier alpha value is -0.786. The molecule has 0 unspecified atom stereocenters. The lowest BCUT2D eigenvalue weighted by atomic mass is 10.1. The van der Waals surface area contributed by atoms with Crippen molar-refractivity contribution in [3.05, 3.63) is 0 Å². The number of rotatable bonds is 9. The molecular weight excluding hydrogens is 492 g/mol. The van der Waals surface area contributed by atoms with E-state index >= 15 is 0 Å². The van der Waals surface area contributed by atoms with Crippen LogP contribution < -0.4 is 0 Å². The van der Waals surface area contributed by atoms with Crippen LogP contribution in [0.4, 0.5) is 0 Å². The van der Waals surface area contributed by atoms with Crippen LogP contribution in [-0.2, 0) is 27.9 Å². The van der Waals surface area contributed by atoms with Gasteiger partial charge in [0.05, 0.1) is 51.5 Å². The Labute approximate surface area is 221 Å². The summed E-state index contributed by atoms with van der Waals surface area (Å²) in [6, 6.07) is 0. The Morgan fingerprint density at radius 2 is 0.944 bits per heavy atom. The van der Waals surface area contributed by atoms with Crippen LogP contribution in [0.15, 0.2) is 0 Å². The molecule has 8 nitrogen and oxygen atoms in total. The highest BCUT2D eigenvalue weighted by atomic mass is 28.4. The summed E-state index contributed by atoms with van der Waals surface area (Å²) < 4.78 is 24.8. The van der Waals surface area contributed by atoms with Gasteiger partial charge >= 0.3 is 0 Å². The number of carbonyl (C=O) groups is 2. The summed E-state index contributed by atoms with van der Waals surface area (Å²) in [5.41, 5.74) is 0. The Kier molecular flexibility index (Phi) is 10.8. The van der Waals surface area contributed by atoms with Crippen molar-refractivity contribution in [2.24, 2.45) is 0 Å². The molecule has 2 aliphatic heterocycles. The molecule has 2 fully saturated rings. The largest absolute Gasteiger partial charge is 0.411 e. The second kappa shape index (κ2) is 12.4. The van der Waals surface area contributed by atoms with E-state index in [1.54, 1.807) is 0 Å². The van der Waals surface area contributed by atoms with Crippen LogP contribution in [0.2, 0.25) is 36.3 Å². The average molecular weight is 545 g/mol. The predicted molar refractivity (Wildman–Crippen MR) is 148 cm³/mol. The van der Waals surface area contributed by atoms with Crippen LogP contribution >= 0.6 is 0 Å². The number of nitrogens with zero attached hydrogens (tertiary/aromatic N) is 2. The molecule has 0 N–H and O–H groups in total. The highest BCUT2D eigenvalue weighted by Gasteiger charge is 2.46. The smallest absolute Gasteiger partial charge is 0.225 e. The van der Waals surface area contributed by atoms with E-state index in [0.29, 0.717) is 52.6 Å². The molecule has 0 aromatic carbocycles. The molecule has 2 rings (SSSR count). The molecule has 0 spiro atoms. The van der Waals surface area contributed by atoms with Gasteiger partial charge in [-0.05, 0) is 36.3 Å². The third-order valence-electron chi connectivity index (χ3n) is 8.40. The molecule has 10 heteroatoms. The molecular formula is C26H52N2O6Si2. The topological polar surface area (TPSA) is 77.5 Å². The van der Waals surface area contributed by atoms with E-state index in [4.69, 9.17) is 18.3 Å². The minimum atomic E-state index is -2.26. The lowest BCUT2D eigenvalue weighted by molar-refractivity contribution is -0.142. The Balaban J connectivity index is 2.39. The number of hydrogen-bond donors (Lipinski definition) is 0. The summed E-state index contributed by atoms with van der Waals surface area (Å²) in [4.78, 5) is 30.6. The van der Waals surface area contributed by atoms with E-state index < -0.39 is 28.8 Å². The first-order valence-electron chi connectivity index (χ1n) is 13.5. The molecule has 0 radical (unpaired) electrons. The number of carbonyl (C=O) groups excluding carboxylic acids is 2. The molecule has 36 heavy (non-hydrogen) atoms. The highest BCUT2D eigenvalue weighted by molar-refractivity contribution is 6.74.